The highest BCUT2D eigenvalue weighted by molar-refractivity contribution is 7.99. The van der Waals surface area contributed by atoms with Crippen molar-refractivity contribution in [3.05, 3.63) is 41.8 Å². The normalized spacial score (nSPS) is 10.2. The summed E-state index contributed by atoms with van der Waals surface area (Å²) in [4.78, 5) is 23.3. The Kier molecular flexibility index (Phi) is 5.96. The van der Waals surface area contributed by atoms with Crippen LogP contribution in [0.3, 0.4) is 0 Å². The smallest absolute Gasteiger partial charge is 0.277 e. The van der Waals surface area contributed by atoms with Gasteiger partial charge in [-0.2, -0.15) is 0 Å². The molecule has 1 aromatic heterocycles. The zero-order valence-corrected chi connectivity index (χ0v) is 12.9. The van der Waals surface area contributed by atoms with E-state index in [-0.39, 0.29) is 24.0 Å². The standard InChI is InChI=1S/C14H16N4O3S/c1-2-13-17-18-14(21-13)22-9-12(20)16-15-11(19)8-10-6-4-3-5-7-10/h3-7H,2,8-9H2,1H3,(H,15,19)(H,16,20). The third-order valence-corrected chi connectivity index (χ3v) is 3.44. The van der Waals surface area contributed by atoms with Gasteiger partial charge in [0.05, 0.1) is 12.2 Å². The van der Waals surface area contributed by atoms with Crippen LogP contribution in [0.5, 0.6) is 0 Å². The van der Waals surface area contributed by atoms with Crippen LogP contribution in [0, 0.1) is 0 Å². The molecule has 0 fully saturated rings. The topological polar surface area (TPSA) is 97.1 Å². The average Bonchev–Trinajstić information content (AvgIpc) is 3.00. The summed E-state index contributed by atoms with van der Waals surface area (Å²) in [6.07, 6.45) is 0.854. The fourth-order valence-corrected chi connectivity index (χ4v) is 2.15. The number of aromatic nitrogens is 2. The van der Waals surface area contributed by atoms with Crippen molar-refractivity contribution in [2.24, 2.45) is 0 Å². The van der Waals surface area contributed by atoms with E-state index < -0.39 is 0 Å². The Morgan fingerprint density at radius 2 is 1.86 bits per heavy atom. The predicted molar refractivity (Wildman–Crippen MR) is 80.8 cm³/mol. The Labute approximate surface area is 131 Å². The zero-order valence-electron chi connectivity index (χ0n) is 12.0. The Morgan fingerprint density at radius 1 is 1.14 bits per heavy atom. The third kappa shape index (κ3) is 5.21. The molecule has 1 aromatic carbocycles. The first kappa shape index (κ1) is 16.0. The Hall–Kier alpha value is -2.35. The molecule has 0 radical (unpaired) electrons. The SMILES string of the molecule is CCc1nnc(SCC(=O)NNC(=O)Cc2ccccc2)o1. The number of hydrazine groups is 1. The van der Waals surface area contributed by atoms with Gasteiger partial charge in [-0.3, -0.25) is 20.4 Å². The molecule has 1 heterocycles. The first-order valence-electron chi connectivity index (χ1n) is 6.74. The number of thioether (sulfide) groups is 1. The highest BCUT2D eigenvalue weighted by atomic mass is 32.2. The van der Waals surface area contributed by atoms with Crippen LogP contribution < -0.4 is 10.9 Å². The maximum absolute atomic E-state index is 11.7. The Morgan fingerprint density at radius 3 is 2.55 bits per heavy atom. The van der Waals surface area contributed by atoms with Crippen LogP contribution in [-0.4, -0.2) is 27.8 Å². The molecular formula is C14H16N4O3S. The summed E-state index contributed by atoms with van der Waals surface area (Å²) in [5, 5.41) is 7.92. The summed E-state index contributed by atoms with van der Waals surface area (Å²) < 4.78 is 5.26. The van der Waals surface area contributed by atoms with Gasteiger partial charge in [-0.1, -0.05) is 49.0 Å². The van der Waals surface area contributed by atoms with Crippen LogP contribution in [0.4, 0.5) is 0 Å². The number of carbonyl (C=O) groups is 2. The molecule has 0 saturated carbocycles. The number of benzene rings is 1. The summed E-state index contributed by atoms with van der Waals surface area (Å²) in [5.41, 5.74) is 5.59. The number of hydrogen-bond acceptors (Lipinski definition) is 6. The van der Waals surface area contributed by atoms with Gasteiger partial charge >= 0.3 is 0 Å². The lowest BCUT2D eigenvalue weighted by molar-refractivity contribution is -0.127. The number of carbonyl (C=O) groups excluding carboxylic acids is 2. The van der Waals surface area contributed by atoms with Gasteiger partial charge in [0, 0.05) is 6.42 Å². The van der Waals surface area contributed by atoms with Gasteiger partial charge in [0.1, 0.15) is 0 Å². The van der Waals surface area contributed by atoms with E-state index in [0.29, 0.717) is 17.5 Å². The number of hydrogen-bond donors (Lipinski definition) is 2. The van der Waals surface area contributed by atoms with Crippen LogP contribution in [-0.2, 0) is 22.4 Å². The largest absolute Gasteiger partial charge is 0.416 e. The van der Waals surface area contributed by atoms with Gasteiger partial charge in [0.2, 0.25) is 17.7 Å². The molecule has 8 heteroatoms. The highest BCUT2D eigenvalue weighted by Crippen LogP contribution is 2.15. The molecule has 116 valence electrons. The van der Waals surface area contributed by atoms with Crippen molar-refractivity contribution in [2.45, 2.75) is 25.0 Å². The molecule has 0 atom stereocenters. The van der Waals surface area contributed by atoms with Crippen molar-refractivity contribution in [3.63, 3.8) is 0 Å². The first-order valence-corrected chi connectivity index (χ1v) is 7.72. The van der Waals surface area contributed by atoms with Gasteiger partial charge in [0.15, 0.2) is 0 Å². The van der Waals surface area contributed by atoms with E-state index in [0.717, 1.165) is 17.3 Å². The van der Waals surface area contributed by atoms with Gasteiger partial charge in [-0.05, 0) is 5.56 Å². The van der Waals surface area contributed by atoms with Crippen molar-refractivity contribution < 1.29 is 14.0 Å². The summed E-state index contributed by atoms with van der Waals surface area (Å²) >= 11 is 1.12. The van der Waals surface area contributed by atoms with E-state index in [1.165, 1.54) is 0 Å². The van der Waals surface area contributed by atoms with Crippen molar-refractivity contribution >= 4 is 23.6 Å². The van der Waals surface area contributed by atoms with E-state index >= 15 is 0 Å². The second kappa shape index (κ2) is 8.18. The zero-order chi connectivity index (χ0) is 15.8. The van der Waals surface area contributed by atoms with E-state index in [9.17, 15) is 9.59 Å². The molecule has 0 aliphatic carbocycles. The minimum atomic E-state index is -0.345. The summed E-state index contributed by atoms with van der Waals surface area (Å²) in [7, 11) is 0. The molecule has 2 amide bonds. The Bertz CT molecular complexity index is 630. The monoisotopic (exact) mass is 320 g/mol. The summed E-state index contributed by atoms with van der Waals surface area (Å²) in [6, 6.07) is 9.28. The number of nitrogens with zero attached hydrogens (tertiary/aromatic N) is 2. The average molecular weight is 320 g/mol. The molecular weight excluding hydrogens is 304 g/mol. The molecule has 22 heavy (non-hydrogen) atoms. The second-order valence-corrected chi connectivity index (χ2v) is 5.29. The number of aryl methyl sites for hydroxylation is 1. The molecule has 2 rings (SSSR count). The van der Waals surface area contributed by atoms with Crippen molar-refractivity contribution in [1.29, 1.82) is 0 Å². The first-order chi connectivity index (χ1) is 10.7. The molecule has 2 N–H and O–H groups in total. The van der Waals surface area contributed by atoms with E-state index in [1.54, 1.807) is 0 Å². The maximum atomic E-state index is 11.7. The molecule has 0 unspecified atom stereocenters. The van der Waals surface area contributed by atoms with Crippen molar-refractivity contribution in [3.8, 4) is 0 Å². The fourth-order valence-electron chi connectivity index (χ4n) is 1.57. The molecule has 0 aliphatic rings. The van der Waals surface area contributed by atoms with Gasteiger partial charge in [-0.25, -0.2) is 0 Å². The Balaban J connectivity index is 1.67. The van der Waals surface area contributed by atoms with Crippen LogP contribution in [0.2, 0.25) is 0 Å². The lowest BCUT2D eigenvalue weighted by Crippen LogP contribution is -2.43. The van der Waals surface area contributed by atoms with Crippen molar-refractivity contribution in [2.75, 3.05) is 5.75 Å². The molecule has 2 aromatic rings. The minimum Gasteiger partial charge on any atom is -0.416 e. The minimum absolute atomic E-state index is 0.0803. The number of nitrogens with one attached hydrogen (secondary N) is 2. The fraction of sp³-hybridized carbons (Fsp3) is 0.286. The van der Waals surface area contributed by atoms with Crippen LogP contribution in [0.25, 0.3) is 0 Å². The van der Waals surface area contributed by atoms with E-state index in [2.05, 4.69) is 21.0 Å². The lowest BCUT2D eigenvalue weighted by atomic mass is 10.1. The quantitative estimate of drug-likeness (QED) is 0.611. The van der Waals surface area contributed by atoms with Gasteiger partial charge in [-0.15, -0.1) is 10.2 Å². The van der Waals surface area contributed by atoms with Gasteiger partial charge in [0.25, 0.3) is 5.22 Å². The molecule has 0 aliphatic heterocycles. The summed E-state index contributed by atoms with van der Waals surface area (Å²) in [5.74, 6) is -0.0194. The maximum Gasteiger partial charge on any atom is 0.277 e. The molecule has 0 spiro atoms. The van der Waals surface area contributed by atoms with Crippen LogP contribution in [0.15, 0.2) is 40.0 Å². The third-order valence-electron chi connectivity index (χ3n) is 2.63. The highest BCUT2D eigenvalue weighted by Gasteiger charge is 2.09. The van der Waals surface area contributed by atoms with E-state index in [4.69, 9.17) is 4.42 Å². The number of rotatable bonds is 6. The lowest BCUT2D eigenvalue weighted by Gasteiger charge is -2.06. The molecule has 0 saturated heterocycles. The number of amides is 2. The van der Waals surface area contributed by atoms with Gasteiger partial charge < -0.3 is 4.42 Å². The van der Waals surface area contributed by atoms with Crippen LogP contribution >= 0.6 is 11.8 Å². The summed E-state index contributed by atoms with van der Waals surface area (Å²) in [6.45, 7) is 1.90. The predicted octanol–water partition coefficient (Wildman–Crippen LogP) is 1.11. The molecule has 7 nitrogen and oxygen atoms in total. The van der Waals surface area contributed by atoms with Crippen LogP contribution in [0.1, 0.15) is 18.4 Å². The van der Waals surface area contributed by atoms with Crippen molar-refractivity contribution in [1.82, 2.24) is 21.0 Å². The second-order valence-electron chi connectivity index (χ2n) is 4.36. The van der Waals surface area contributed by atoms with E-state index in [1.807, 2.05) is 37.3 Å². The molecule has 0 bridgehead atoms.